The quantitative estimate of drug-likeness (QED) is 0.766. The zero-order chi connectivity index (χ0) is 14.3. The maximum atomic E-state index is 11.6. The first-order chi connectivity index (χ1) is 8.90. The van der Waals surface area contributed by atoms with E-state index < -0.39 is 5.60 Å². The molecule has 1 aromatic rings. The fraction of sp³-hybridized carbons (Fsp3) is 0.533. The highest BCUT2D eigenvalue weighted by molar-refractivity contribution is 5.72. The average molecular weight is 265 g/mol. The second kappa shape index (κ2) is 7.26. The molecule has 0 heterocycles. The summed E-state index contributed by atoms with van der Waals surface area (Å²) in [7, 11) is 0. The van der Waals surface area contributed by atoms with E-state index in [0.29, 0.717) is 6.42 Å². The standard InChI is InChI=1S/C15H23NO3/c1-15(2,3)19-14(18)10-16-13(11-17)9-12-7-5-4-6-8-12/h4-8,13,16-17H,9-11H2,1-3H3/t13-/m1/s1. The van der Waals surface area contributed by atoms with E-state index in [4.69, 9.17) is 4.74 Å². The van der Waals surface area contributed by atoms with Gasteiger partial charge in [0.2, 0.25) is 0 Å². The van der Waals surface area contributed by atoms with Crippen LogP contribution in [0.5, 0.6) is 0 Å². The molecule has 0 aliphatic heterocycles. The molecule has 0 aliphatic rings. The Hall–Kier alpha value is -1.39. The highest BCUT2D eigenvalue weighted by Crippen LogP contribution is 2.07. The Labute approximate surface area is 114 Å². The van der Waals surface area contributed by atoms with Gasteiger partial charge in [0.15, 0.2) is 0 Å². The van der Waals surface area contributed by atoms with Crippen molar-refractivity contribution in [1.82, 2.24) is 5.32 Å². The monoisotopic (exact) mass is 265 g/mol. The van der Waals surface area contributed by atoms with Crippen LogP contribution in [-0.4, -0.2) is 35.9 Å². The van der Waals surface area contributed by atoms with Crippen molar-refractivity contribution in [1.29, 1.82) is 0 Å². The van der Waals surface area contributed by atoms with Crippen LogP contribution in [0.2, 0.25) is 0 Å². The molecular weight excluding hydrogens is 242 g/mol. The van der Waals surface area contributed by atoms with Gasteiger partial charge in [-0.05, 0) is 32.8 Å². The summed E-state index contributed by atoms with van der Waals surface area (Å²) in [5.41, 5.74) is 0.644. The molecule has 106 valence electrons. The molecule has 0 amide bonds. The summed E-state index contributed by atoms with van der Waals surface area (Å²) in [5, 5.41) is 12.3. The molecular formula is C15H23NO3. The van der Waals surface area contributed by atoms with E-state index >= 15 is 0 Å². The van der Waals surface area contributed by atoms with E-state index in [2.05, 4.69) is 5.32 Å². The lowest BCUT2D eigenvalue weighted by atomic mass is 10.1. The molecule has 0 saturated carbocycles. The zero-order valence-corrected chi connectivity index (χ0v) is 11.8. The smallest absolute Gasteiger partial charge is 0.320 e. The van der Waals surface area contributed by atoms with E-state index in [1.807, 2.05) is 51.1 Å². The lowest BCUT2D eigenvalue weighted by Crippen LogP contribution is -2.40. The number of hydrogen-bond donors (Lipinski definition) is 2. The van der Waals surface area contributed by atoms with E-state index in [1.54, 1.807) is 0 Å². The fourth-order valence-corrected chi connectivity index (χ4v) is 1.71. The largest absolute Gasteiger partial charge is 0.459 e. The number of hydrogen-bond acceptors (Lipinski definition) is 4. The molecule has 0 aromatic heterocycles. The van der Waals surface area contributed by atoms with Gasteiger partial charge in [-0.3, -0.25) is 4.79 Å². The number of rotatable bonds is 6. The van der Waals surface area contributed by atoms with Crippen molar-refractivity contribution >= 4 is 5.97 Å². The molecule has 4 nitrogen and oxygen atoms in total. The summed E-state index contributed by atoms with van der Waals surface area (Å²) in [4.78, 5) is 11.6. The van der Waals surface area contributed by atoms with Crippen LogP contribution in [-0.2, 0) is 16.0 Å². The van der Waals surface area contributed by atoms with E-state index in [9.17, 15) is 9.90 Å². The summed E-state index contributed by atoms with van der Waals surface area (Å²) in [6, 6.07) is 9.71. The number of aliphatic hydroxyl groups excluding tert-OH is 1. The molecule has 0 radical (unpaired) electrons. The first-order valence-electron chi connectivity index (χ1n) is 6.51. The zero-order valence-electron chi connectivity index (χ0n) is 11.8. The third kappa shape index (κ3) is 6.94. The Morgan fingerprint density at radius 3 is 2.47 bits per heavy atom. The first-order valence-corrected chi connectivity index (χ1v) is 6.51. The number of esters is 1. The Balaban J connectivity index is 2.39. The molecule has 0 saturated heterocycles. The summed E-state index contributed by atoms with van der Waals surface area (Å²) in [6.45, 7) is 5.59. The van der Waals surface area contributed by atoms with Gasteiger partial charge in [0.25, 0.3) is 0 Å². The summed E-state index contributed by atoms with van der Waals surface area (Å²) in [5.74, 6) is -0.306. The molecule has 0 unspecified atom stereocenters. The highest BCUT2D eigenvalue weighted by Gasteiger charge is 2.17. The van der Waals surface area contributed by atoms with E-state index in [1.165, 1.54) is 0 Å². The van der Waals surface area contributed by atoms with Gasteiger partial charge in [-0.15, -0.1) is 0 Å². The summed E-state index contributed by atoms with van der Waals surface area (Å²) in [6.07, 6.45) is 0.681. The first kappa shape index (κ1) is 15.7. The topological polar surface area (TPSA) is 58.6 Å². The molecule has 19 heavy (non-hydrogen) atoms. The van der Waals surface area contributed by atoms with Crippen molar-refractivity contribution in [3.05, 3.63) is 35.9 Å². The molecule has 0 bridgehead atoms. The van der Waals surface area contributed by atoms with Crippen molar-refractivity contribution in [3.63, 3.8) is 0 Å². The van der Waals surface area contributed by atoms with Crippen molar-refractivity contribution in [2.45, 2.75) is 38.8 Å². The van der Waals surface area contributed by atoms with Crippen LogP contribution in [0, 0.1) is 0 Å². The van der Waals surface area contributed by atoms with Crippen LogP contribution in [0.1, 0.15) is 26.3 Å². The lowest BCUT2D eigenvalue weighted by molar-refractivity contribution is -0.153. The molecule has 1 aromatic carbocycles. The molecule has 1 rings (SSSR count). The average Bonchev–Trinajstić information content (AvgIpc) is 2.33. The van der Waals surface area contributed by atoms with Gasteiger partial charge in [0, 0.05) is 6.04 Å². The van der Waals surface area contributed by atoms with Crippen LogP contribution in [0.15, 0.2) is 30.3 Å². The summed E-state index contributed by atoms with van der Waals surface area (Å²) < 4.78 is 5.20. The normalized spacial score (nSPS) is 13.1. The number of ether oxygens (including phenoxy) is 1. The van der Waals surface area contributed by atoms with Crippen LogP contribution in [0.4, 0.5) is 0 Å². The van der Waals surface area contributed by atoms with Gasteiger partial charge >= 0.3 is 5.97 Å². The molecule has 0 spiro atoms. The molecule has 2 N–H and O–H groups in total. The fourth-order valence-electron chi connectivity index (χ4n) is 1.71. The van der Waals surface area contributed by atoms with Gasteiger partial charge in [-0.25, -0.2) is 0 Å². The van der Waals surface area contributed by atoms with Gasteiger partial charge in [-0.2, -0.15) is 0 Å². The third-order valence-corrected chi connectivity index (χ3v) is 2.50. The van der Waals surface area contributed by atoms with Crippen LogP contribution in [0.25, 0.3) is 0 Å². The van der Waals surface area contributed by atoms with Crippen molar-refractivity contribution < 1.29 is 14.6 Å². The number of carbonyl (C=O) groups is 1. The Bertz CT molecular complexity index is 384. The minimum atomic E-state index is -0.479. The predicted octanol–water partition coefficient (Wildman–Crippen LogP) is 1.52. The molecule has 0 aliphatic carbocycles. The van der Waals surface area contributed by atoms with E-state index in [-0.39, 0.29) is 25.2 Å². The lowest BCUT2D eigenvalue weighted by Gasteiger charge is -2.21. The Morgan fingerprint density at radius 2 is 1.95 bits per heavy atom. The van der Waals surface area contributed by atoms with Crippen LogP contribution >= 0.6 is 0 Å². The minimum absolute atomic E-state index is 0.0162. The van der Waals surface area contributed by atoms with Crippen molar-refractivity contribution in [3.8, 4) is 0 Å². The molecule has 4 heteroatoms. The van der Waals surface area contributed by atoms with Gasteiger partial charge in [-0.1, -0.05) is 30.3 Å². The number of benzene rings is 1. The minimum Gasteiger partial charge on any atom is -0.459 e. The summed E-state index contributed by atoms with van der Waals surface area (Å²) >= 11 is 0. The Kier molecular flexibility index (Phi) is 5.99. The van der Waals surface area contributed by atoms with Crippen LogP contribution in [0.3, 0.4) is 0 Å². The van der Waals surface area contributed by atoms with Crippen LogP contribution < -0.4 is 5.32 Å². The second-order valence-electron chi connectivity index (χ2n) is 5.54. The third-order valence-electron chi connectivity index (χ3n) is 2.50. The molecule has 0 fully saturated rings. The second-order valence-corrected chi connectivity index (χ2v) is 5.54. The van der Waals surface area contributed by atoms with Gasteiger partial charge < -0.3 is 15.2 Å². The number of carbonyl (C=O) groups excluding carboxylic acids is 1. The molecule has 1 atom stereocenters. The van der Waals surface area contributed by atoms with Crippen molar-refractivity contribution in [2.75, 3.05) is 13.2 Å². The number of aliphatic hydroxyl groups is 1. The van der Waals surface area contributed by atoms with Gasteiger partial charge in [0.1, 0.15) is 5.60 Å². The maximum Gasteiger partial charge on any atom is 0.320 e. The number of nitrogens with one attached hydrogen (secondary N) is 1. The maximum absolute atomic E-state index is 11.6. The van der Waals surface area contributed by atoms with Gasteiger partial charge in [0.05, 0.1) is 13.2 Å². The predicted molar refractivity (Wildman–Crippen MR) is 74.9 cm³/mol. The SMILES string of the molecule is CC(C)(C)OC(=O)CN[C@@H](CO)Cc1ccccc1. The highest BCUT2D eigenvalue weighted by atomic mass is 16.6. The van der Waals surface area contributed by atoms with E-state index in [0.717, 1.165) is 5.56 Å². The Morgan fingerprint density at radius 1 is 1.32 bits per heavy atom. The van der Waals surface area contributed by atoms with Crippen molar-refractivity contribution in [2.24, 2.45) is 0 Å².